The van der Waals surface area contributed by atoms with Gasteiger partial charge in [0.1, 0.15) is 22.9 Å². The molecule has 5 heterocycles. The molecule has 5 rings (SSSR count). The molecule has 4 aromatic heterocycles. The van der Waals surface area contributed by atoms with Gasteiger partial charge in [-0.05, 0) is 37.6 Å². The van der Waals surface area contributed by atoms with E-state index in [1.54, 1.807) is 35.4 Å². The second-order valence-electron chi connectivity index (χ2n) is 7.27. The molecule has 1 amide bonds. The van der Waals surface area contributed by atoms with Crippen molar-refractivity contribution in [1.82, 2.24) is 34.5 Å². The average Bonchev–Trinajstić information content (AvgIpc) is 3.51. The summed E-state index contributed by atoms with van der Waals surface area (Å²) in [4.78, 5) is 21.6. The molecule has 1 atom stereocenters. The number of ether oxygens (including phenoxy) is 1. The fourth-order valence-electron chi connectivity index (χ4n) is 3.70. The summed E-state index contributed by atoms with van der Waals surface area (Å²) in [6, 6.07) is 9.37. The van der Waals surface area contributed by atoms with E-state index in [1.165, 1.54) is 7.11 Å². The Hall–Kier alpha value is -4.08. The molecule has 1 N–H and O–H groups in total. The zero-order valence-electron chi connectivity index (χ0n) is 17.1. The second kappa shape index (κ2) is 7.63. The molecule has 0 fully saturated rings. The van der Waals surface area contributed by atoms with Crippen LogP contribution >= 0.6 is 0 Å². The summed E-state index contributed by atoms with van der Waals surface area (Å²) >= 11 is 0. The van der Waals surface area contributed by atoms with Crippen molar-refractivity contribution in [2.45, 2.75) is 25.8 Å². The normalized spacial score (nSPS) is 15.0. The van der Waals surface area contributed by atoms with Crippen molar-refractivity contribution in [2.24, 2.45) is 0 Å². The lowest BCUT2D eigenvalue weighted by molar-refractivity contribution is 0.102. The van der Waals surface area contributed by atoms with Crippen molar-refractivity contribution in [1.29, 1.82) is 0 Å². The fraction of sp³-hybridized carbons (Fsp3) is 0.238. The van der Waals surface area contributed by atoms with Gasteiger partial charge in [-0.25, -0.2) is 9.67 Å². The number of amides is 1. The van der Waals surface area contributed by atoms with Crippen molar-refractivity contribution < 1.29 is 9.53 Å². The van der Waals surface area contributed by atoms with Crippen LogP contribution in [0, 0.1) is 0 Å². The molecule has 31 heavy (non-hydrogen) atoms. The van der Waals surface area contributed by atoms with E-state index < -0.39 is 0 Å². The lowest BCUT2D eigenvalue weighted by Gasteiger charge is -2.10. The number of rotatable bonds is 5. The van der Waals surface area contributed by atoms with Crippen molar-refractivity contribution in [3.05, 3.63) is 60.3 Å². The standard InChI is InChI=1S/C21H20N8O2/c1-13-8-9-18-25-26-19(29(13)18)16-6-3-7-17(23-16)24-20(30)15-12-28(27-21(15)31-2)14-5-4-10-22-11-14/h3-7,10-13H,8-9H2,1-2H3,(H,23,24,30)/t13-/m0/s1. The zero-order valence-corrected chi connectivity index (χ0v) is 17.1. The molecule has 0 spiro atoms. The summed E-state index contributed by atoms with van der Waals surface area (Å²) in [5, 5.41) is 15.7. The third kappa shape index (κ3) is 3.41. The minimum atomic E-state index is -0.378. The number of aryl methyl sites for hydroxylation is 1. The van der Waals surface area contributed by atoms with Crippen LogP contribution in [0.3, 0.4) is 0 Å². The van der Waals surface area contributed by atoms with Gasteiger partial charge in [-0.3, -0.25) is 9.78 Å². The molecular weight excluding hydrogens is 396 g/mol. The molecule has 0 saturated carbocycles. The molecule has 4 aromatic rings. The number of fused-ring (bicyclic) bond motifs is 1. The van der Waals surface area contributed by atoms with E-state index in [-0.39, 0.29) is 17.4 Å². The fourth-order valence-corrected chi connectivity index (χ4v) is 3.70. The summed E-state index contributed by atoms with van der Waals surface area (Å²) < 4.78 is 8.95. The van der Waals surface area contributed by atoms with Gasteiger partial charge in [-0.1, -0.05) is 6.07 Å². The van der Waals surface area contributed by atoms with E-state index in [9.17, 15) is 4.79 Å². The number of anilines is 1. The Morgan fingerprint density at radius 2 is 2.13 bits per heavy atom. The topological polar surface area (TPSA) is 113 Å². The predicted molar refractivity (Wildman–Crippen MR) is 112 cm³/mol. The first-order valence-corrected chi connectivity index (χ1v) is 9.90. The van der Waals surface area contributed by atoms with Crippen LogP contribution in [0.15, 0.2) is 48.9 Å². The van der Waals surface area contributed by atoms with Crippen LogP contribution in [0.4, 0.5) is 5.82 Å². The van der Waals surface area contributed by atoms with Gasteiger partial charge in [0, 0.05) is 24.9 Å². The molecule has 0 aliphatic carbocycles. The third-order valence-corrected chi connectivity index (χ3v) is 5.24. The summed E-state index contributed by atoms with van der Waals surface area (Å²) in [6.45, 7) is 2.14. The molecule has 156 valence electrons. The van der Waals surface area contributed by atoms with Crippen LogP contribution in [-0.2, 0) is 6.42 Å². The SMILES string of the molecule is COc1nn(-c2cccnc2)cc1C(=O)Nc1cccc(-c2nnc3n2[C@@H](C)CC3)n1. The van der Waals surface area contributed by atoms with Gasteiger partial charge in [0.2, 0.25) is 5.88 Å². The number of carbonyl (C=O) groups excluding carboxylic acids is 1. The van der Waals surface area contributed by atoms with Crippen LogP contribution in [0.2, 0.25) is 0 Å². The maximum absolute atomic E-state index is 12.9. The number of methoxy groups -OCH3 is 1. The third-order valence-electron chi connectivity index (χ3n) is 5.24. The highest BCUT2D eigenvalue weighted by Gasteiger charge is 2.25. The van der Waals surface area contributed by atoms with Crippen molar-refractivity contribution in [2.75, 3.05) is 12.4 Å². The van der Waals surface area contributed by atoms with E-state index in [0.29, 0.717) is 23.4 Å². The summed E-state index contributed by atoms with van der Waals surface area (Å²) in [6.07, 6.45) is 6.86. The van der Waals surface area contributed by atoms with Crippen molar-refractivity contribution >= 4 is 11.7 Å². The van der Waals surface area contributed by atoms with E-state index in [4.69, 9.17) is 4.74 Å². The Morgan fingerprint density at radius 1 is 1.23 bits per heavy atom. The highest BCUT2D eigenvalue weighted by molar-refractivity contribution is 6.05. The molecule has 0 saturated heterocycles. The maximum atomic E-state index is 12.9. The minimum Gasteiger partial charge on any atom is -0.479 e. The minimum absolute atomic E-state index is 0.210. The Kier molecular flexibility index (Phi) is 4.66. The summed E-state index contributed by atoms with van der Waals surface area (Å²) in [5.41, 5.74) is 1.66. The Bertz CT molecular complexity index is 1250. The van der Waals surface area contributed by atoms with Crippen LogP contribution in [0.25, 0.3) is 17.2 Å². The highest BCUT2D eigenvalue weighted by atomic mass is 16.5. The Labute approximate surface area is 177 Å². The van der Waals surface area contributed by atoms with Gasteiger partial charge in [-0.2, -0.15) is 0 Å². The van der Waals surface area contributed by atoms with E-state index >= 15 is 0 Å². The molecule has 1 aliphatic rings. The second-order valence-corrected chi connectivity index (χ2v) is 7.27. The molecule has 0 bridgehead atoms. The number of pyridine rings is 2. The Morgan fingerprint density at radius 3 is 2.94 bits per heavy atom. The first kappa shape index (κ1) is 18.9. The predicted octanol–water partition coefficient (Wildman–Crippen LogP) is 2.69. The number of hydrogen-bond acceptors (Lipinski definition) is 7. The van der Waals surface area contributed by atoms with Gasteiger partial charge in [0.05, 0.1) is 19.0 Å². The average molecular weight is 416 g/mol. The van der Waals surface area contributed by atoms with Crippen molar-refractivity contribution in [3.63, 3.8) is 0 Å². The maximum Gasteiger partial charge on any atom is 0.263 e. The van der Waals surface area contributed by atoms with Gasteiger partial charge in [0.25, 0.3) is 5.91 Å². The zero-order chi connectivity index (χ0) is 21.4. The van der Waals surface area contributed by atoms with Crippen LogP contribution in [0.1, 0.15) is 35.6 Å². The van der Waals surface area contributed by atoms with E-state index in [1.807, 2.05) is 18.2 Å². The van der Waals surface area contributed by atoms with Crippen molar-refractivity contribution in [3.8, 4) is 23.1 Å². The number of aromatic nitrogens is 7. The lowest BCUT2D eigenvalue weighted by atomic mass is 10.2. The van der Waals surface area contributed by atoms with E-state index in [0.717, 1.165) is 24.4 Å². The largest absolute Gasteiger partial charge is 0.479 e. The van der Waals surface area contributed by atoms with Gasteiger partial charge < -0.3 is 14.6 Å². The molecule has 10 heteroatoms. The number of nitrogens with zero attached hydrogens (tertiary/aromatic N) is 7. The van der Waals surface area contributed by atoms with Crippen LogP contribution in [0.5, 0.6) is 5.88 Å². The van der Waals surface area contributed by atoms with Gasteiger partial charge in [-0.15, -0.1) is 15.3 Å². The van der Waals surface area contributed by atoms with Gasteiger partial charge >= 0.3 is 0 Å². The first-order valence-electron chi connectivity index (χ1n) is 9.90. The smallest absolute Gasteiger partial charge is 0.263 e. The lowest BCUT2D eigenvalue weighted by Crippen LogP contribution is -2.14. The molecule has 0 unspecified atom stereocenters. The molecule has 0 aromatic carbocycles. The molecular formula is C21H20N8O2. The van der Waals surface area contributed by atoms with E-state index in [2.05, 4.69) is 42.1 Å². The number of carbonyl (C=O) groups is 1. The first-order chi connectivity index (χ1) is 15.1. The van der Waals surface area contributed by atoms with Crippen LogP contribution < -0.4 is 10.1 Å². The summed E-state index contributed by atoms with van der Waals surface area (Å²) in [7, 11) is 1.47. The molecule has 0 radical (unpaired) electrons. The van der Waals surface area contributed by atoms with Gasteiger partial charge in [0.15, 0.2) is 5.82 Å². The monoisotopic (exact) mass is 416 g/mol. The van der Waals surface area contributed by atoms with Crippen LogP contribution in [-0.4, -0.2) is 47.5 Å². The number of hydrogen-bond donors (Lipinski definition) is 1. The Balaban J connectivity index is 1.42. The summed E-state index contributed by atoms with van der Waals surface area (Å²) in [5.74, 6) is 1.91. The molecule has 10 nitrogen and oxygen atoms in total. The quantitative estimate of drug-likeness (QED) is 0.532. The molecule has 1 aliphatic heterocycles. The highest BCUT2D eigenvalue weighted by Crippen LogP contribution is 2.30. The number of nitrogens with one attached hydrogen (secondary N) is 1.